The molecule has 1 rings (SSSR count). The molecule has 4 heteroatoms. The van der Waals surface area contributed by atoms with Crippen LogP contribution in [0.5, 0.6) is 0 Å². The second-order valence-corrected chi connectivity index (χ2v) is 4.06. The smallest absolute Gasteiger partial charge is 0.159 e. The van der Waals surface area contributed by atoms with Crippen LogP contribution in [0.4, 0.5) is 4.39 Å². The summed E-state index contributed by atoms with van der Waals surface area (Å²) < 4.78 is 15.2. The van der Waals surface area contributed by atoms with Crippen molar-refractivity contribution < 1.29 is 4.39 Å². The molecule has 74 valence electrons. The molecule has 0 aromatic carbocycles. The highest BCUT2D eigenvalue weighted by Crippen LogP contribution is 2.24. The molecule has 0 saturated carbocycles. The van der Waals surface area contributed by atoms with E-state index >= 15 is 0 Å². The number of imidazole rings is 1. The first kappa shape index (κ1) is 10.2. The molecule has 0 aliphatic heterocycles. The number of hydrogen-bond acceptors (Lipinski definition) is 2. The Hall–Kier alpha value is -0.900. The first-order chi connectivity index (χ1) is 5.90. The van der Waals surface area contributed by atoms with E-state index in [1.165, 1.54) is 0 Å². The molecule has 0 aliphatic carbocycles. The van der Waals surface area contributed by atoms with E-state index in [1.807, 2.05) is 13.8 Å². The second kappa shape index (κ2) is 3.46. The molecule has 0 fully saturated rings. The summed E-state index contributed by atoms with van der Waals surface area (Å²) in [6.45, 7) is 3.62. The molecule has 0 amide bonds. The fraction of sp³-hybridized carbons (Fsp3) is 0.667. The molecule has 0 radical (unpaired) electrons. The van der Waals surface area contributed by atoms with Crippen LogP contribution in [0.1, 0.15) is 32.3 Å². The molecule has 1 aromatic rings. The van der Waals surface area contributed by atoms with Gasteiger partial charge in [-0.15, -0.1) is 0 Å². The van der Waals surface area contributed by atoms with Crippen LogP contribution >= 0.6 is 0 Å². The summed E-state index contributed by atoms with van der Waals surface area (Å²) in [6, 6.07) is 0. The van der Waals surface area contributed by atoms with Crippen molar-refractivity contribution in [1.82, 2.24) is 9.55 Å². The Bertz CT molecular complexity index is 275. The van der Waals surface area contributed by atoms with Crippen LogP contribution in [0, 0.1) is 0 Å². The number of halogens is 1. The van der Waals surface area contributed by atoms with E-state index in [0.717, 1.165) is 0 Å². The fourth-order valence-electron chi connectivity index (χ4n) is 1.23. The Morgan fingerprint density at radius 3 is 2.69 bits per heavy atom. The summed E-state index contributed by atoms with van der Waals surface area (Å²) in [5, 5.41) is 0. The van der Waals surface area contributed by atoms with Crippen LogP contribution in [0.15, 0.2) is 12.4 Å². The third-order valence-electron chi connectivity index (χ3n) is 1.84. The molecule has 0 saturated heterocycles. The van der Waals surface area contributed by atoms with E-state index in [4.69, 9.17) is 5.73 Å². The standard InChI is InChI=1S/C9H16FN3/c1-9(2,11)6-7(10)8-12-4-5-13(8)3/h4-5,7H,6,11H2,1-3H3. The number of alkyl halides is 1. The monoisotopic (exact) mass is 185 g/mol. The lowest BCUT2D eigenvalue weighted by atomic mass is 9.99. The Labute approximate surface area is 77.8 Å². The predicted octanol–water partition coefficient (Wildman–Crippen LogP) is 1.56. The predicted molar refractivity (Wildman–Crippen MR) is 49.9 cm³/mol. The molecule has 0 aliphatic rings. The average Bonchev–Trinajstić information content (AvgIpc) is 2.30. The number of hydrogen-bond donors (Lipinski definition) is 1. The molecule has 1 unspecified atom stereocenters. The summed E-state index contributed by atoms with van der Waals surface area (Å²) in [4.78, 5) is 3.93. The highest BCUT2D eigenvalue weighted by atomic mass is 19.1. The van der Waals surface area contributed by atoms with Crippen molar-refractivity contribution in [2.45, 2.75) is 32.0 Å². The third kappa shape index (κ3) is 2.81. The minimum absolute atomic E-state index is 0.290. The van der Waals surface area contributed by atoms with Crippen LogP contribution in [-0.2, 0) is 7.05 Å². The SMILES string of the molecule is Cn1ccnc1C(F)CC(C)(C)N. The van der Waals surface area contributed by atoms with E-state index in [2.05, 4.69) is 4.98 Å². The van der Waals surface area contributed by atoms with Gasteiger partial charge in [0.1, 0.15) is 5.82 Å². The van der Waals surface area contributed by atoms with Gasteiger partial charge in [-0.1, -0.05) is 0 Å². The van der Waals surface area contributed by atoms with E-state index < -0.39 is 11.7 Å². The molecule has 1 heterocycles. The maximum absolute atomic E-state index is 13.6. The maximum atomic E-state index is 13.6. The van der Waals surface area contributed by atoms with E-state index in [1.54, 1.807) is 24.0 Å². The topological polar surface area (TPSA) is 43.8 Å². The molecule has 3 nitrogen and oxygen atoms in total. The van der Waals surface area contributed by atoms with Gasteiger partial charge in [0.25, 0.3) is 0 Å². The number of nitrogens with two attached hydrogens (primary N) is 1. The van der Waals surface area contributed by atoms with Gasteiger partial charge in [0.05, 0.1) is 0 Å². The molecule has 0 spiro atoms. The summed E-state index contributed by atoms with van der Waals surface area (Å²) in [7, 11) is 1.78. The first-order valence-corrected chi connectivity index (χ1v) is 4.30. The molecule has 1 aromatic heterocycles. The van der Waals surface area contributed by atoms with Crippen molar-refractivity contribution in [2.24, 2.45) is 12.8 Å². The maximum Gasteiger partial charge on any atom is 0.159 e. The van der Waals surface area contributed by atoms with Gasteiger partial charge in [-0.05, 0) is 13.8 Å². The Morgan fingerprint density at radius 2 is 2.31 bits per heavy atom. The molecule has 0 bridgehead atoms. The second-order valence-electron chi connectivity index (χ2n) is 4.06. The highest BCUT2D eigenvalue weighted by molar-refractivity contribution is 4.97. The van der Waals surface area contributed by atoms with Gasteiger partial charge >= 0.3 is 0 Å². The summed E-state index contributed by atoms with van der Waals surface area (Å²) in [5.74, 6) is 0.443. The van der Waals surface area contributed by atoms with Crippen molar-refractivity contribution in [3.63, 3.8) is 0 Å². The van der Waals surface area contributed by atoms with E-state index in [0.29, 0.717) is 5.82 Å². The van der Waals surface area contributed by atoms with E-state index in [9.17, 15) is 4.39 Å². The van der Waals surface area contributed by atoms with Crippen LogP contribution < -0.4 is 5.73 Å². The van der Waals surface area contributed by atoms with Gasteiger partial charge in [-0.25, -0.2) is 9.37 Å². The third-order valence-corrected chi connectivity index (χ3v) is 1.84. The zero-order chi connectivity index (χ0) is 10.1. The number of nitrogens with zero attached hydrogens (tertiary/aromatic N) is 2. The molecule has 13 heavy (non-hydrogen) atoms. The Kier molecular flexibility index (Phi) is 2.71. The number of rotatable bonds is 3. The summed E-state index contributed by atoms with van der Waals surface area (Å²) in [5.41, 5.74) is 5.22. The van der Waals surface area contributed by atoms with Crippen LogP contribution in [0.2, 0.25) is 0 Å². The zero-order valence-corrected chi connectivity index (χ0v) is 8.29. The minimum atomic E-state index is -1.08. The lowest BCUT2D eigenvalue weighted by molar-refractivity contribution is 0.251. The average molecular weight is 185 g/mol. The summed E-state index contributed by atoms with van der Waals surface area (Å²) in [6.07, 6.45) is 2.52. The summed E-state index contributed by atoms with van der Waals surface area (Å²) >= 11 is 0. The van der Waals surface area contributed by atoms with Gasteiger partial charge in [0.15, 0.2) is 6.17 Å². The first-order valence-electron chi connectivity index (χ1n) is 4.30. The lowest BCUT2D eigenvalue weighted by Gasteiger charge is -2.20. The molecular formula is C9H16FN3. The van der Waals surface area contributed by atoms with Gasteiger partial charge in [-0.3, -0.25) is 0 Å². The van der Waals surface area contributed by atoms with E-state index in [-0.39, 0.29) is 6.42 Å². The quantitative estimate of drug-likeness (QED) is 0.776. The Morgan fingerprint density at radius 1 is 1.69 bits per heavy atom. The van der Waals surface area contributed by atoms with Crippen molar-refractivity contribution in [1.29, 1.82) is 0 Å². The van der Waals surface area contributed by atoms with Crippen LogP contribution in [0.3, 0.4) is 0 Å². The van der Waals surface area contributed by atoms with Gasteiger partial charge < -0.3 is 10.3 Å². The van der Waals surface area contributed by atoms with Gasteiger partial charge in [0.2, 0.25) is 0 Å². The zero-order valence-electron chi connectivity index (χ0n) is 8.29. The van der Waals surface area contributed by atoms with Crippen molar-refractivity contribution in [3.05, 3.63) is 18.2 Å². The molecular weight excluding hydrogens is 169 g/mol. The fourth-order valence-corrected chi connectivity index (χ4v) is 1.23. The van der Waals surface area contributed by atoms with Crippen LogP contribution in [0.25, 0.3) is 0 Å². The minimum Gasteiger partial charge on any atom is -0.336 e. The van der Waals surface area contributed by atoms with Crippen molar-refractivity contribution in [3.8, 4) is 0 Å². The molecule has 1 atom stereocenters. The number of aryl methyl sites for hydroxylation is 1. The van der Waals surface area contributed by atoms with Crippen LogP contribution in [-0.4, -0.2) is 15.1 Å². The normalized spacial score (nSPS) is 14.5. The van der Waals surface area contributed by atoms with Gasteiger partial charge in [0, 0.05) is 31.4 Å². The number of aromatic nitrogens is 2. The van der Waals surface area contributed by atoms with Crippen molar-refractivity contribution >= 4 is 0 Å². The lowest BCUT2D eigenvalue weighted by Crippen LogP contribution is -2.33. The molecule has 2 N–H and O–H groups in total. The largest absolute Gasteiger partial charge is 0.336 e. The Balaban J connectivity index is 2.69. The highest BCUT2D eigenvalue weighted by Gasteiger charge is 2.22. The van der Waals surface area contributed by atoms with Crippen molar-refractivity contribution in [2.75, 3.05) is 0 Å². The van der Waals surface area contributed by atoms with Gasteiger partial charge in [-0.2, -0.15) is 0 Å².